The van der Waals surface area contributed by atoms with Crippen molar-refractivity contribution in [1.82, 2.24) is 0 Å². The number of ketones is 1. The van der Waals surface area contributed by atoms with Gasteiger partial charge in [-0.05, 0) is 30.7 Å². The van der Waals surface area contributed by atoms with Crippen LogP contribution in [0.3, 0.4) is 0 Å². The molecule has 1 aromatic rings. The lowest BCUT2D eigenvalue weighted by Crippen LogP contribution is -1.84. The van der Waals surface area contributed by atoms with E-state index < -0.39 is 0 Å². The Bertz CT molecular complexity index is 315. The maximum Gasteiger partial charge on any atom is 0.152 e. The summed E-state index contributed by atoms with van der Waals surface area (Å²) in [6.45, 7) is 1.52. The average molecular weight is 161 g/mol. The van der Waals surface area contributed by atoms with Crippen molar-refractivity contribution in [2.75, 3.05) is 5.73 Å². The predicted molar refractivity (Wildman–Crippen MR) is 50.6 cm³/mol. The van der Waals surface area contributed by atoms with Gasteiger partial charge >= 0.3 is 0 Å². The Morgan fingerprint density at radius 3 is 2.83 bits per heavy atom. The summed E-state index contributed by atoms with van der Waals surface area (Å²) in [4.78, 5) is 10.6. The number of carbonyl (C=O) groups excluding carboxylic acids is 1. The van der Waals surface area contributed by atoms with Gasteiger partial charge in [0.15, 0.2) is 5.78 Å². The van der Waals surface area contributed by atoms with Gasteiger partial charge in [-0.25, -0.2) is 0 Å². The molecule has 0 saturated heterocycles. The van der Waals surface area contributed by atoms with Gasteiger partial charge in [-0.2, -0.15) is 0 Å². The first kappa shape index (κ1) is 8.53. The number of nitrogens with two attached hydrogens (primary N) is 1. The topological polar surface area (TPSA) is 43.1 Å². The van der Waals surface area contributed by atoms with Gasteiger partial charge in [0.1, 0.15) is 0 Å². The molecule has 12 heavy (non-hydrogen) atoms. The van der Waals surface area contributed by atoms with Gasteiger partial charge in [-0.3, -0.25) is 4.79 Å². The molecule has 2 nitrogen and oxygen atoms in total. The first-order valence-electron chi connectivity index (χ1n) is 3.72. The predicted octanol–water partition coefficient (Wildman–Crippen LogP) is 1.87. The number of allylic oxidation sites excluding steroid dienone is 1. The van der Waals surface area contributed by atoms with E-state index in [1.54, 1.807) is 6.08 Å². The number of carbonyl (C=O) groups is 1. The second kappa shape index (κ2) is 3.72. The fraction of sp³-hybridized carbons (Fsp3) is 0.100. The lowest BCUT2D eigenvalue weighted by atomic mass is 10.2. The molecule has 0 bridgehead atoms. The third-order valence-electron chi connectivity index (χ3n) is 1.42. The van der Waals surface area contributed by atoms with Crippen LogP contribution in [0.5, 0.6) is 0 Å². The number of anilines is 1. The third-order valence-corrected chi connectivity index (χ3v) is 1.42. The molecule has 2 N–H and O–H groups in total. The summed E-state index contributed by atoms with van der Waals surface area (Å²) in [6.07, 6.45) is 3.27. The Morgan fingerprint density at radius 1 is 1.50 bits per heavy atom. The molecule has 0 aliphatic heterocycles. The fourth-order valence-electron chi connectivity index (χ4n) is 0.876. The molecule has 0 radical (unpaired) electrons. The monoisotopic (exact) mass is 161 g/mol. The van der Waals surface area contributed by atoms with Gasteiger partial charge in [0, 0.05) is 5.69 Å². The van der Waals surface area contributed by atoms with Crippen molar-refractivity contribution in [3.8, 4) is 0 Å². The van der Waals surface area contributed by atoms with Crippen molar-refractivity contribution in [2.45, 2.75) is 6.92 Å². The maximum absolute atomic E-state index is 10.6. The Labute approximate surface area is 71.7 Å². The van der Waals surface area contributed by atoms with Crippen molar-refractivity contribution in [3.63, 3.8) is 0 Å². The number of hydrogen-bond donors (Lipinski definition) is 1. The molecule has 0 aliphatic carbocycles. The number of rotatable bonds is 2. The van der Waals surface area contributed by atoms with Crippen molar-refractivity contribution < 1.29 is 4.79 Å². The highest BCUT2D eigenvalue weighted by Gasteiger charge is 1.88. The summed E-state index contributed by atoms with van der Waals surface area (Å²) in [7, 11) is 0. The molecule has 0 heterocycles. The van der Waals surface area contributed by atoms with Gasteiger partial charge in [-0.1, -0.05) is 18.2 Å². The Morgan fingerprint density at radius 2 is 2.25 bits per heavy atom. The van der Waals surface area contributed by atoms with Crippen LogP contribution < -0.4 is 5.73 Å². The molecule has 0 unspecified atom stereocenters. The van der Waals surface area contributed by atoms with E-state index in [9.17, 15) is 4.79 Å². The van der Waals surface area contributed by atoms with E-state index in [4.69, 9.17) is 5.73 Å². The third kappa shape index (κ3) is 2.58. The van der Waals surface area contributed by atoms with E-state index >= 15 is 0 Å². The van der Waals surface area contributed by atoms with Crippen LogP contribution in [0.1, 0.15) is 12.5 Å². The molecule has 0 spiro atoms. The normalized spacial score (nSPS) is 10.4. The average Bonchev–Trinajstić information content (AvgIpc) is 2.01. The number of benzene rings is 1. The molecule has 62 valence electrons. The lowest BCUT2D eigenvalue weighted by molar-refractivity contribution is -0.112. The van der Waals surface area contributed by atoms with Gasteiger partial charge in [0.05, 0.1) is 0 Å². The van der Waals surface area contributed by atoms with Crippen molar-refractivity contribution in [2.24, 2.45) is 0 Å². The first-order valence-corrected chi connectivity index (χ1v) is 3.72. The largest absolute Gasteiger partial charge is 0.399 e. The molecule has 0 aliphatic rings. The Hall–Kier alpha value is -1.57. The van der Waals surface area contributed by atoms with Crippen LogP contribution in [-0.4, -0.2) is 5.78 Å². The van der Waals surface area contributed by atoms with Crippen molar-refractivity contribution in [3.05, 3.63) is 35.9 Å². The number of nitrogen functional groups attached to an aromatic ring is 1. The molecule has 0 amide bonds. The minimum absolute atomic E-state index is 0.0393. The molecular formula is C10H11NO. The standard InChI is InChI=1S/C10H11NO/c1-8(12)5-6-9-3-2-4-10(11)7-9/h2-7H,11H2,1H3/b6-5+. The van der Waals surface area contributed by atoms with Crippen molar-refractivity contribution in [1.29, 1.82) is 0 Å². The SMILES string of the molecule is CC(=O)/C=C/c1cccc(N)c1. The van der Waals surface area contributed by atoms with Crippen LogP contribution in [0.2, 0.25) is 0 Å². The quantitative estimate of drug-likeness (QED) is 0.531. The molecule has 1 rings (SSSR count). The van der Waals surface area contributed by atoms with Crippen LogP contribution >= 0.6 is 0 Å². The lowest BCUT2D eigenvalue weighted by Gasteiger charge is -1.94. The summed E-state index contributed by atoms with van der Waals surface area (Å²) < 4.78 is 0. The van der Waals surface area contributed by atoms with Gasteiger partial charge in [0.2, 0.25) is 0 Å². The summed E-state index contributed by atoms with van der Waals surface area (Å²) in [5.74, 6) is 0.0393. The van der Waals surface area contributed by atoms with E-state index in [1.165, 1.54) is 13.0 Å². The molecule has 1 aromatic carbocycles. The van der Waals surface area contributed by atoms with Gasteiger partial charge in [-0.15, -0.1) is 0 Å². The Balaban J connectivity index is 2.83. The highest BCUT2D eigenvalue weighted by molar-refractivity contribution is 5.91. The minimum Gasteiger partial charge on any atom is -0.399 e. The van der Waals surface area contributed by atoms with E-state index in [1.807, 2.05) is 24.3 Å². The zero-order valence-corrected chi connectivity index (χ0v) is 6.95. The summed E-state index contributed by atoms with van der Waals surface area (Å²) in [5.41, 5.74) is 7.20. The minimum atomic E-state index is 0.0393. The van der Waals surface area contributed by atoms with Crippen LogP contribution in [0.4, 0.5) is 5.69 Å². The van der Waals surface area contributed by atoms with Crippen LogP contribution in [0.25, 0.3) is 6.08 Å². The van der Waals surface area contributed by atoms with E-state index in [-0.39, 0.29) is 5.78 Å². The van der Waals surface area contributed by atoms with Gasteiger partial charge < -0.3 is 5.73 Å². The van der Waals surface area contributed by atoms with Crippen LogP contribution in [-0.2, 0) is 4.79 Å². The zero-order chi connectivity index (χ0) is 8.97. The highest BCUT2D eigenvalue weighted by atomic mass is 16.1. The Kier molecular flexibility index (Phi) is 2.64. The van der Waals surface area contributed by atoms with Crippen LogP contribution in [0.15, 0.2) is 30.3 Å². The van der Waals surface area contributed by atoms with E-state index in [0.717, 1.165) is 5.56 Å². The maximum atomic E-state index is 10.6. The van der Waals surface area contributed by atoms with Gasteiger partial charge in [0.25, 0.3) is 0 Å². The molecule has 0 atom stereocenters. The zero-order valence-electron chi connectivity index (χ0n) is 6.95. The van der Waals surface area contributed by atoms with Crippen molar-refractivity contribution >= 4 is 17.5 Å². The molecular weight excluding hydrogens is 150 g/mol. The summed E-state index contributed by atoms with van der Waals surface area (Å²) >= 11 is 0. The fourth-order valence-corrected chi connectivity index (χ4v) is 0.876. The van der Waals surface area contributed by atoms with Crippen LogP contribution in [0, 0.1) is 0 Å². The second-order valence-electron chi connectivity index (χ2n) is 2.61. The molecule has 2 heteroatoms. The number of hydrogen-bond acceptors (Lipinski definition) is 2. The summed E-state index contributed by atoms with van der Waals surface area (Å²) in [5, 5.41) is 0. The molecule has 0 fully saturated rings. The molecule has 0 saturated carbocycles. The van der Waals surface area contributed by atoms with E-state index in [2.05, 4.69) is 0 Å². The molecule has 0 aromatic heterocycles. The second-order valence-corrected chi connectivity index (χ2v) is 2.61. The summed E-state index contributed by atoms with van der Waals surface area (Å²) in [6, 6.07) is 7.38. The first-order chi connectivity index (χ1) is 5.68. The smallest absolute Gasteiger partial charge is 0.152 e. The highest BCUT2D eigenvalue weighted by Crippen LogP contribution is 2.07. The van der Waals surface area contributed by atoms with E-state index in [0.29, 0.717) is 5.69 Å².